The lowest BCUT2D eigenvalue weighted by Gasteiger charge is -2.48. The van der Waals surface area contributed by atoms with Crippen LogP contribution in [-0.2, 0) is 33.2 Å². The van der Waals surface area contributed by atoms with Gasteiger partial charge >= 0.3 is 0 Å². The van der Waals surface area contributed by atoms with Gasteiger partial charge in [-0.2, -0.15) is 0 Å². The van der Waals surface area contributed by atoms with Gasteiger partial charge < -0.3 is 89.9 Å². The Morgan fingerprint density at radius 1 is 0.376 bits per heavy atom. The average Bonchev–Trinajstić information content (AvgIpc) is 0.813. The maximum Gasteiger partial charge on any atom is 0.220 e. The van der Waals surface area contributed by atoms with Crippen molar-refractivity contribution < 1.29 is 89.4 Å². The normalized spacial score (nSPS) is 27.5. The molecule has 0 aromatic heterocycles. The Labute approximate surface area is 563 Å². The number of carbonyl (C=O) groups is 1. The number of rotatable bonds is 61. The maximum absolute atomic E-state index is 13.4. The molecule has 3 aliphatic rings. The average molecular weight is 1330 g/mol. The first-order valence-electron chi connectivity index (χ1n) is 38.4. The van der Waals surface area contributed by atoms with Crippen molar-refractivity contribution in [3.63, 3.8) is 0 Å². The molecule has 12 N–H and O–H groups in total. The van der Waals surface area contributed by atoms with Gasteiger partial charge in [0, 0.05) is 6.42 Å². The summed E-state index contributed by atoms with van der Waals surface area (Å²) in [6, 6.07) is -0.890. The molecule has 3 saturated heterocycles. The van der Waals surface area contributed by atoms with Crippen LogP contribution in [0.4, 0.5) is 0 Å². The molecule has 0 spiro atoms. The Bertz CT molecular complexity index is 1730. The van der Waals surface area contributed by atoms with Crippen molar-refractivity contribution in [2.45, 2.75) is 426 Å². The van der Waals surface area contributed by atoms with Gasteiger partial charge in [0.05, 0.1) is 38.6 Å². The highest BCUT2D eigenvalue weighted by molar-refractivity contribution is 5.76. The molecule has 1 amide bonds. The van der Waals surface area contributed by atoms with Crippen LogP contribution in [-0.4, -0.2) is 193 Å². The van der Waals surface area contributed by atoms with Gasteiger partial charge in [-0.3, -0.25) is 4.79 Å². The highest BCUT2D eigenvalue weighted by Crippen LogP contribution is 2.33. The van der Waals surface area contributed by atoms with Crippen LogP contribution >= 0.6 is 0 Å². The number of nitrogens with one attached hydrogen (secondary N) is 1. The number of aliphatic hydroxyl groups is 11. The van der Waals surface area contributed by atoms with E-state index in [9.17, 15) is 61.0 Å². The summed E-state index contributed by atoms with van der Waals surface area (Å²) in [5, 5.41) is 121. The number of hydrogen-bond donors (Lipinski definition) is 12. The summed E-state index contributed by atoms with van der Waals surface area (Å²) < 4.78 is 34.5. The monoisotopic (exact) mass is 1330 g/mol. The summed E-state index contributed by atoms with van der Waals surface area (Å²) in [6.07, 6.45) is 37.4. The lowest BCUT2D eigenvalue weighted by atomic mass is 9.96. The first-order chi connectivity index (χ1) is 45.3. The fourth-order valence-electron chi connectivity index (χ4n) is 13.4. The minimum Gasteiger partial charge on any atom is -0.394 e. The number of aliphatic hydroxyl groups excluding tert-OH is 11. The van der Waals surface area contributed by atoms with Gasteiger partial charge in [0.15, 0.2) is 18.9 Å². The number of allylic oxidation sites excluding steroid dienone is 2. The number of unbranched alkanes of at least 4 members (excludes halogenated alkanes) is 43. The first kappa shape index (κ1) is 85.8. The minimum atomic E-state index is -1.97. The molecule has 0 aliphatic carbocycles. The third kappa shape index (κ3) is 37.5. The van der Waals surface area contributed by atoms with Crippen LogP contribution in [0.1, 0.15) is 322 Å². The van der Waals surface area contributed by atoms with Crippen molar-refractivity contribution in [1.82, 2.24) is 5.32 Å². The molecule has 0 aromatic rings. The molecule has 3 fully saturated rings. The molecule has 0 aromatic carbocycles. The van der Waals surface area contributed by atoms with Crippen molar-refractivity contribution in [2.24, 2.45) is 0 Å². The van der Waals surface area contributed by atoms with E-state index < -0.39 is 124 Å². The molecule has 17 unspecified atom stereocenters. The Balaban J connectivity index is 1.35. The first-order valence-corrected chi connectivity index (χ1v) is 38.4. The van der Waals surface area contributed by atoms with Gasteiger partial charge in [0.2, 0.25) is 5.91 Å². The summed E-state index contributed by atoms with van der Waals surface area (Å²) in [4.78, 5) is 13.4. The molecule has 3 aliphatic heterocycles. The lowest BCUT2D eigenvalue weighted by molar-refractivity contribution is -0.379. The zero-order valence-electron chi connectivity index (χ0n) is 58.5. The molecular weight excluding hydrogens is 1190 g/mol. The molecule has 17 atom stereocenters. The smallest absolute Gasteiger partial charge is 0.220 e. The summed E-state index contributed by atoms with van der Waals surface area (Å²) in [5.41, 5.74) is 0. The second-order valence-corrected chi connectivity index (χ2v) is 27.8. The number of hydrogen-bond acceptors (Lipinski definition) is 18. The third-order valence-electron chi connectivity index (χ3n) is 19.6. The van der Waals surface area contributed by atoms with Crippen LogP contribution in [0.3, 0.4) is 0 Å². The number of amides is 1. The molecule has 0 radical (unpaired) electrons. The van der Waals surface area contributed by atoms with Crippen LogP contribution in [0.5, 0.6) is 0 Å². The number of ether oxygens (including phenoxy) is 6. The van der Waals surface area contributed by atoms with E-state index in [0.717, 1.165) is 64.2 Å². The van der Waals surface area contributed by atoms with Crippen LogP contribution < -0.4 is 5.32 Å². The SMILES string of the molecule is CCCCCCCCC/C=C\CCCCCCCC(=O)NC(COC1OC(CO)C(OC2OC(CO)C(OC3OC(CO)C(O)C(O)C3O)C(O)C2O)C(O)C1O)C(O)CCCCCCCCCCCCCCCCCCCCCCCCCCCCCCCCCC. The molecular formula is C74H141NO18. The van der Waals surface area contributed by atoms with E-state index in [4.69, 9.17) is 28.4 Å². The molecule has 19 heteroatoms. The summed E-state index contributed by atoms with van der Waals surface area (Å²) in [7, 11) is 0. The highest BCUT2D eigenvalue weighted by atomic mass is 16.8. The van der Waals surface area contributed by atoms with Gasteiger partial charge in [0.25, 0.3) is 0 Å². The predicted molar refractivity (Wildman–Crippen MR) is 365 cm³/mol. The summed E-state index contributed by atoms with van der Waals surface area (Å²) in [6.45, 7) is 1.83. The zero-order chi connectivity index (χ0) is 67.5. The molecule has 0 bridgehead atoms. The van der Waals surface area contributed by atoms with Gasteiger partial charge in [-0.25, -0.2) is 0 Å². The molecule has 3 rings (SSSR count). The van der Waals surface area contributed by atoms with E-state index in [0.29, 0.717) is 12.8 Å². The predicted octanol–water partition coefficient (Wildman–Crippen LogP) is 11.6. The lowest BCUT2D eigenvalue weighted by Crippen LogP contribution is -2.66. The Morgan fingerprint density at radius 2 is 0.677 bits per heavy atom. The summed E-state index contributed by atoms with van der Waals surface area (Å²) >= 11 is 0. The standard InChI is InChI=1S/C74H141NO18/c1-3-5-7-9-11-13-15-17-19-21-22-23-24-25-26-27-28-29-30-31-32-33-34-35-36-37-39-41-43-45-47-49-51-58(79)57(75-62(80)52-50-48-46-44-42-40-38-20-18-16-14-12-10-8-6-4-2)56-88-72-68(86)65(83)70(60(54-77)90-72)93-74-69(87)66(84)71(61(55-78)91-74)92-73-67(85)64(82)63(81)59(53-76)89-73/h20,38,57-61,63-74,76-79,81-87H,3-19,21-37,39-56H2,1-2H3,(H,75,80)/b38-20-. The van der Waals surface area contributed by atoms with Crippen molar-refractivity contribution in [3.8, 4) is 0 Å². The van der Waals surface area contributed by atoms with Crippen LogP contribution in [0, 0.1) is 0 Å². The Hall–Kier alpha value is -1.47. The Morgan fingerprint density at radius 3 is 1.04 bits per heavy atom. The van der Waals surface area contributed by atoms with Crippen molar-refractivity contribution in [1.29, 1.82) is 0 Å². The Kier molecular flexibility index (Phi) is 51.9. The second kappa shape index (κ2) is 56.3. The molecule has 0 saturated carbocycles. The van der Waals surface area contributed by atoms with Crippen molar-refractivity contribution in [2.75, 3.05) is 26.4 Å². The minimum absolute atomic E-state index is 0.246. The molecule has 19 nitrogen and oxygen atoms in total. The van der Waals surface area contributed by atoms with Crippen molar-refractivity contribution >= 4 is 5.91 Å². The largest absolute Gasteiger partial charge is 0.394 e. The van der Waals surface area contributed by atoms with E-state index in [2.05, 4.69) is 31.3 Å². The highest BCUT2D eigenvalue weighted by Gasteiger charge is 2.53. The molecule has 93 heavy (non-hydrogen) atoms. The third-order valence-corrected chi connectivity index (χ3v) is 19.6. The zero-order valence-corrected chi connectivity index (χ0v) is 58.5. The maximum atomic E-state index is 13.4. The fraction of sp³-hybridized carbons (Fsp3) is 0.959. The van der Waals surface area contributed by atoms with Gasteiger partial charge in [-0.05, 0) is 38.5 Å². The van der Waals surface area contributed by atoms with E-state index in [1.165, 1.54) is 225 Å². The number of carbonyl (C=O) groups excluding carboxylic acids is 1. The topological polar surface area (TPSA) is 307 Å². The second-order valence-electron chi connectivity index (χ2n) is 27.8. The fourth-order valence-corrected chi connectivity index (χ4v) is 13.4. The van der Waals surface area contributed by atoms with E-state index >= 15 is 0 Å². The van der Waals surface area contributed by atoms with Crippen LogP contribution in [0.2, 0.25) is 0 Å². The molecule has 3 heterocycles. The summed E-state index contributed by atoms with van der Waals surface area (Å²) in [5.74, 6) is -0.246. The van der Waals surface area contributed by atoms with Gasteiger partial charge in [0.1, 0.15) is 73.2 Å². The van der Waals surface area contributed by atoms with Gasteiger partial charge in [-0.15, -0.1) is 0 Å². The van der Waals surface area contributed by atoms with Gasteiger partial charge in [-0.1, -0.05) is 289 Å². The van der Waals surface area contributed by atoms with E-state index in [1.54, 1.807) is 0 Å². The quantitative estimate of drug-likeness (QED) is 0.0199. The van der Waals surface area contributed by atoms with Crippen molar-refractivity contribution in [3.05, 3.63) is 12.2 Å². The molecule has 550 valence electrons. The van der Waals surface area contributed by atoms with E-state index in [-0.39, 0.29) is 18.9 Å². The van der Waals surface area contributed by atoms with E-state index in [1.807, 2.05) is 0 Å². The van der Waals surface area contributed by atoms with Crippen LogP contribution in [0.15, 0.2) is 12.2 Å². The van der Waals surface area contributed by atoms with Crippen LogP contribution in [0.25, 0.3) is 0 Å².